The van der Waals surface area contributed by atoms with Gasteiger partial charge in [0.05, 0.1) is 5.02 Å². The zero-order valence-corrected chi connectivity index (χ0v) is 8.79. The van der Waals surface area contributed by atoms with Crippen LogP contribution < -0.4 is 10.6 Å². The average molecular weight is 227 g/mol. The van der Waals surface area contributed by atoms with Crippen molar-refractivity contribution < 1.29 is 4.79 Å². The molecule has 0 aromatic carbocycles. The van der Waals surface area contributed by atoms with E-state index in [0.29, 0.717) is 0 Å². The Morgan fingerprint density at radius 1 is 1.67 bits per heavy atom. The van der Waals surface area contributed by atoms with Crippen LogP contribution in [0.1, 0.15) is 16.9 Å². The number of aromatic nitrogens is 2. The number of nitrogens with zero attached hydrogens (tertiary/aromatic N) is 2. The van der Waals surface area contributed by atoms with Crippen molar-refractivity contribution in [2.24, 2.45) is 0 Å². The van der Waals surface area contributed by atoms with Crippen molar-refractivity contribution in [2.45, 2.75) is 12.5 Å². The Balaban J connectivity index is 2.04. The summed E-state index contributed by atoms with van der Waals surface area (Å²) in [7, 11) is 0. The number of carbonyl (C=O) groups excluding carboxylic acids is 1. The first-order valence-electron chi connectivity index (χ1n) is 4.74. The van der Waals surface area contributed by atoms with Gasteiger partial charge in [-0.25, -0.2) is 9.97 Å². The van der Waals surface area contributed by atoms with Gasteiger partial charge in [0.1, 0.15) is 12.0 Å². The van der Waals surface area contributed by atoms with Gasteiger partial charge in [-0.2, -0.15) is 0 Å². The van der Waals surface area contributed by atoms with Crippen molar-refractivity contribution in [3.8, 4) is 0 Å². The Labute approximate surface area is 92.3 Å². The highest BCUT2D eigenvalue weighted by atomic mass is 35.5. The lowest BCUT2D eigenvalue weighted by molar-refractivity contribution is 0.0935. The highest BCUT2D eigenvalue weighted by Gasteiger charge is 2.19. The Hall–Kier alpha value is -1.20. The Morgan fingerprint density at radius 3 is 3.20 bits per heavy atom. The van der Waals surface area contributed by atoms with Crippen LogP contribution in [-0.4, -0.2) is 35.0 Å². The van der Waals surface area contributed by atoms with Gasteiger partial charge in [-0.3, -0.25) is 4.79 Å². The van der Waals surface area contributed by atoms with E-state index in [9.17, 15) is 4.79 Å². The molecule has 0 bridgehead atoms. The Morgan fingerprint density at radius 2 is 2.53 bits per heavy atom. The molecule has 6 heteroatoms. The number of carbonyl (C=O) groups is 1. The van der Waals surface area contributed by atoms with Crippen LogP contribution in [0.2, 0.25) is 5.02 Å². The molecule has 1 saturated heterocycles. The van der Waals surface area contributed by atoms with Crippen LogP contribution in [0.25, 0.3) is 0 Å². The van der Waals surface area contributed by atoms with Crippen LogP contribution in [0.3, 0.4) is 0 Å². The van der Waals surface area contributed by atoms with E-state index in [2.05, 4.69) is 20.6 Å². The molecule has 1 aliphatic heterocycles. The molecular weight excluding hydrogens is 216 g/mol. The third-order valence-electron chi connectivity index (χ3n) is 2.28. The van der Waals surface area contributed by atoms with Crippen molar-refractivity contribution in [2.75, 3.05) is 13.1 Å². The molecule has 1 atom stereocenters. The molecule has 15 heavy (non-hydrogen) atoms. The largest absolute Gasteiger partial charge is 0.347 e. The molecular formula is C9H11ClN4O. The third kappa shape index (κ3) is 2.43. The van der Waals surface area contributed by atoms with E-state index in [1.807, 2.05) is 0 Å². The maximum atomic E-state index is 11.7. The highest BCUT2D eigenvalue weighted by Crippen LogP contribution is 2.10. The van der Waals surface area contributed by atoms with Crippen LogP contribution >= 0.6 is 11.6 Å². The first-order chi connectivity index (χ1) is 7.27. The van der Waals surface area contributed by atoms with Crippen molar-refractivity contribution >= 4 is 17.5 Å². The van der Waals surface area contributed by atoms with E-state index in [-0.39, 0.29) is 22.7 Å². The molecule has 1 aromatic heterocycles. The predicted molar refractivity (Wildman–Crippen MR) is 55.8 cm³/mol. The van der Waals surface area contributed by atoms with Gasteiger partial charge in [0.15, 0.2) is 0 Å². The van der Waals surface area contributed by atoms with Gasteiger partial charge < -0.3 is 10.6 Å². The Kier molecular flexibility index (Phi) is 3.13. The molecule has 1 aliphatic rings. The average Bonchev–Trinajstić information content (AvgIpc) is 2.71. The van der Waals surface area contributed by atoms with Crippen LogP contribution in [0, 0.1) is 0 Å². The second-order valence-electron chi connectivity index (χ2n) is 3.38. The summed E-state index contributed by atoms with van der Waals surface area (Å²) in [5, 5.41) is 6.30. The number of amides is 1. The normalized spacial score (nSPS) is 20.2. The Bertz CT molecular complexity index is 365. The summed E-state index contributed by atoms with van der Waals surface area (Å²) < 4.78 is 0. The molecule has 1 amide bonds. The van der Waals surface area contributed by atoms with Crippen molar-refractivity contribution in [1.29, 1.82) is 0 Å². The van der Waals surface area contributed by atoms with Crippen LogP contribution in [-0.2, 0) is 0 Å². The van der Waals surface area contributed by atoms with Gasteiger partial charge in [0.25, 0.3) is 5.91 Å². The topological polar surface area (TPSA) is 66.9 Å². The minimum atomic E-state index is -0.240. The maximum Gasteiger partial charge on any atom is 0.271 e. The summed E-state index contributed by atoms with van der Waals surface area (Å²) in [4.78, 5) is 19.3. The molecule has 5 nitrogen and oxygen atoms in total. The summed E-state index contributed by atoms with van der Waals surface area (Å²) in [6, 6.07) is 0.170. The molecule has 2 N–H and O–H groups in total. The monoisotopic (exact) mass is 226 g/mol. The van der Waals surface area contributed by atoms with Gasteiger partial charge >= 0.3 is 0 Å². The SMILES string of the molecule is O=C(NC1CCNC1)c1ncncc1Cl. The summed E-state index contributed by atoms with van der Waals surface area (Å²) >= 11 is 5.80. The van der Waals surface area contributed by atoms with Crippen molar-refractivity contribution in [3.05, 3.63) is 23.2 Å². The number of rotatable bonds is 2. The molecule has 1 aromatic rings. The number of hydrogen-bond acceptors (Lipinski definition) is 4. The summed E-state index contributed by atoms with van der Waals surface area (Å²) in [6.45, 7) is 1.73. The van der Waals surface area contributed by atoms with Gasteiger partial charge in [-0.05, 0) is 13.0 Å². The number of halogens is 1. The molecule has 0 saturated carbocycles. The lowest BCUT2D eigenvalue weighted by atomic mass is 10.2. The molecule has 2 rings (SSSR count). The van der Waals surface area contributed by atoms with E-state index in [1.54, 1.807) is 0 Å². The van der Waals surface area contributed by atoms with E-state index < -0.39 is 0 Å². The van der Waals surface area contributed by atoms with Gasteiger partial charge in [0.2, 0.25) is 0 Å². The summed E-state index contributed by atoms with van der Waals surface area (Å²) in [6.07, 6.45) is 3.67. The van der Waals surface area contributed by atoms with Crippen molar-refractivity contribution in [1.82, 2.24) is 20.6 Å². The zero-order valence-electron chi connectivity index (χ0n) is 8.03. The fourth-order valence-electron chi connectivity index (χ4n) is 1.51. The summed E-state index contributed by atoms with van der Waals surface area (Å²) in [5.41, 5.74) is 0.235. The second-order valence-corrected chi connectivity index (χ2v) is 3.79. The van der Waals surface area contributed by atoms with E-state index in [1.165, 1.54) is 12.5 Å². The van der Waals surface area contributed by atoms with E-state index in [0.717, 1.165) is 19.5 Å². The first-order valence-corrected chi connectivity index (χ1v) is 5.12. The molecule has 0 aliphatic carbocycles. The quantitative estimate of drug-likeness (QED) is 0.757. The number of nitrogens with one attached hydrogen (secondary N) is 2. The van der Waals surface area contributed by atoms with Crippen LogP contribution in [0.5, 0.6) is 0 Å². The smallest absolute Gasteiger partial charge is 0.271 e. The van der Waals surface area contributed by atoms with Gasteiger partial charge in [-0.1, -0.05) is 11.6 Å². The molecule has 0 spiro atoms. The molecule has 1 fully saturated rings. The molecule has 2 heterocycles. The summed E-state index contributed by atoms with van der Waals surface area (Å²) in [5.74, 6) is -0.240. The van der Waals surface area contributed by atoms with Crippen LogP contribution in [0.4, 0.5) is 0 Å². The molecule has 0 radical (unpaired) electrons. The lowest BCUT2D eigenvalue weighted by Crippen LogP contribution is -2.36. The van der Waals surface area contributed by atoms with E-state index in [4.69, 9.17) is 11.6 Å². The van der Waals surface area contributed by atoms with Crippen molar-refractivity contribution in [3.63, 3.8) is 0 Å². The molecule has 1 unspecified atom stereocenters. The zero-order chi connectivity index (χ0) is 10.7. The minimum absolute atomic E-state index is 0.170. The van der Waals surface area contributed by atoms with E-state index >= 15 is 0 Å². The lowest BCUT2D eigenvalue weighted by Gasteiger charge is -2.10. The highest BCUT2D eigenvalue weighted by molar-refractivity contribution is 6.33. The number of hydrogen-bond donors (Lipinski definition) is 2. The van der Waals surface area contributed by atoms with Gasteiger partial charge in [-0.15, -0.1) is 0 Å². The predicted octanol–water partition coefficient (Wildman–Crippen LogP) is 0.222. The molecule has 80 valence electrons. The maximum absolute atomic E-state index is 11.7. The fourth-order valence-corrected chi connectivity index (χ4v) is 1.70. The fraction of sp³-hybridized carbons (Fsp3) is 0.444. The third-order valence-corrected chi connectivity index (χ3v) is 2.55. The minimum Gasteiger partial charge on any atom is -0.347 e. The van der Waals surface area contributed by atoms with Crippen LogP contribution in [0.15, 0.2) is 12.5 Å². The van der Waals surface area contributed by atoms with Gasteiger partial charge in [0, 0.05) is 18.8 Å². The second kappa shape index (κ2) is 4.55. The standard InChI is InChI=1S/C9H11ClN4O/c10-7-4-12-5-13-8(7)9(15)14-6-1-2-11-3-6/h4-6,11H,1-3H2,(H,14,15). The first kappa shape index (κ1) is 10.3.